The second-order valence-electron chi connectivity index (χ2n) is 9.96. The largest absolute Gasteiger partial charge is 0.479 e. The van der Waals surface area contributed by atoms with Crippen molar-refractivity contribution in [2.24, 2.45) is 0 Å². The number of amides is 1. The van der Waals surface area contributed by atoms with Crippen LogP contribution in [0.25, 0.3) is 22.5 Å². The lowest BCUT2D eigenvalue weighted by molar-refractivity contribution is 0.0340. The molecule has 33 heavy (non-hydrogen) atoms. The molecule has 0 unspecified atom stereocenters. The van der Waals surface area contributed by atoms with E-state index in [0.29, 0.717) is 11.3 Å². The molecular formula is C25H24FN5O2. The van der Waals surface area contributed by atoms with E-state index in [2.05, 4.69) is 32.2 Å². The average molecular weight is 445 g/mol. The van der Waals surface area contributed by atoms with E-state index in [1.807, 2.05) is 12.3 Å². The van der Waals surface area contributed by atoms with Crippen LogP contribution in [0.2, 0.25) is 0 Å². The molecule has 2 aliphatic carbocycles. The third-order valence-electron chi connectivity index (χ3n) is 8.10. The number of hydrogen-bond acceptors (Lipinski definition) is 5. The number of rotatable bonds is 2. The molecule has 0 radical (unpaired) electrons. The summed E-state index contributed by atoms with van der Waals surface area (Å²) in [6.45, 7) is 1.90. The smallest absolute Gasteiger partial charge is 0.253 e. The van der Waals surface area contributed by atoms with Crippen molar-refractivity contribution < 1.29 is 13.9 Å². The van der Waals surface area contributed by atoms with E-state index in [0.717, 1.165) is 72.4 Å². The Morgan fingerprint density at radius 1 is 1.15 bits per heavy atom. The topological polar surface area (TPSA) is 83.1 Å². The molecule has 2 spiro atoms. The van der Waals surface area contributed by atoms with Crippen molar-refractivity contribution in [1.82, 2.24) is 25.2 Å². The quantitative estimate of drug-likeness (QED) is 0.634. The summed E-state index contributed by atoms with van der Waals surface area (Å²) in [5, 5.41) is 3.39. The van der Waals surface area contributed by atoms with Gasteiger partial charge in [0.2, 0.25) is 5.88 Å². The minimum absolute atomic E-state index is 0.0354. The van der Waals surface area contributed by atoms with Crippen LogP contribution in [-0.2, 0) is 18.3 Å². The Hall–Kier alpha value is -3.26. The fraction of sp³-hybridized carbons (Fsp3) is 0.400. The van der Waals surface area contributed by atoms with Crippen LogP contribution in [0.3, 0.4) is 0 Å². The van der Waals surface area contributed by atoms with Crippen LogP contribution in [0.1, 0.15) is 40.0 Å². The van der Waals surface area contributed by atoms with Crippen LogP contribution in [0, 0.1) is 5.82 Å². The van der Waals surface area contributed by atoms with Crippen LogP contribution in [-0.4, -0.2) is 58.5 Å². The van der Waals surface area contributed by atoms with Gasteiger partial charge in [-0.25, -0.2) is 9.37 Å². The molecule has 1 amide bonds. The number of nitrogens with one attached hydrogen (secondary N) is 2. The second-order valence-corrected chi connectivity index (χ2v) is 9.96. The van der Waals surface area contributed by atoms with Crippen LogP contribution in [0.5, 0.6) is 5.88 Å². The molecule has 1 saturated carbocycles. The number of likely N-dealkylation sites (N-methyl/N-ethyl adjacent to an activating group) is 1. The van der Waals surface area contributed by atoms with Gasteiger partial charge >= 0.3 is 0 Å². The second kappa shape index (κ2) is 6.20. The number of halogens is 1. The number of carbonyl (C=O) groups is 1. The lowest BCUT2D eigenvalue weighted by Gasteiger charge is -2.55. The Morgan fingerprint density at radius 2 is 1.97 bits per heavy atom. The maximum Gasteiger partial charge on any atom is 0.253 e. The highest BCUT2D eigenvalue weighted by molar-refractivity contribution is 6.02. The number of pyridine rings is 2. The summed E-state index contributed by atoms with van der Waals surface area (Å²) in [5.74, 6) is -0.501. The Morgan fingerprint density at radius 3 is 2.67 bits per heavy atom. The number of likely N-dealkylation sites (tertiary alicyclic amines) is 1. The molecule has 3 aromatic heterocycles. The van der Waals surface area contributed by atoms with Crippen LogP contribution in [0.15, 0.2) is 24.5 Å². The predicted molar refractivity (Wildman–Crippen MR) is 120 cm³/mol. The highest BCUT2D eigenvalue weighted by atomic mass is 19.1. The maximum atomic E-state index is 14.3. The molecule has 0 atom stereocenters. The van der Waals surface area contributed by atoms with Crippen LogP contribution >= 0.6 is 0 Å². The summed E-state index contributed by atoms with van der Waals surface area (Å²) in [5.41, 5.74) is 7.31. The van der Waals surface area contributed by atoms with Crippen molar-refractivity contribution in [3.05, 3.63) is 52.7 Å². The molecule has 8 heteroatoms. The number of H-pyrrole nitrogens is 1. The van der Waals surface area contributed by atoms with Gasteiger partial charge in [0.25, 0.3) is 5.91 Å². The number of aromatic nitrogens is 3. The summed E-state index contributed by atoms with van der Waals surface area (Å²) in [7, 11) is 3.53. The van der Waals surface area contributed by atoms with Crippen molar-refractivity contribution in [1.29, 1.82) is 0 Å². The molecule has 168 valence electrons. The van der Waals surface area contributed by atoms with Gasteiger partial charge in [0.05, 0.1) is 35.0 Å². The van der Waals surface area contributed by atoms with Crippen molar-refractivity contribution in [2.75, 3.05) is 27.2 Å². The molecule has 3 aromatic rings. The molecule has 0 bridgehead atoms. The Labute approximate surface area is 190 Å². The van der Waals surface area contributed by atoms with E-state index in [-0.39, 0.29) is 22.7 Å². The molecule has 2 fully saturated rings. The van der Waals surface area contributed by atoms with Gasteiger partial charge in [0, 0.05) is 42.3 Å². The zero-order valence-corrected chi connectivity index (χ0v) is 18.6. The summed E-state index contributed by atoms with van der Waals surface area (Å²) in [4.78, 5) is 28.0. The zero-order valence-electron chi connectivity index (χ0n) is 18.6. The van der Waals surface area contributed by atoms with Gasteiger partial charge in [-0.2, -0.15) is 0 Å². The highest BCUT2D eigenvalue weighted by Crippen LogP contribution is 2.59. The average Bonchev–Trinajstić information content (AvgIpc) is 3.44. The summed E-state index contributed by atoms with van der Waals surface area (Å²) >= 11 is 0. The lowest BCUT2D eigenvalue weighted by Crippen LogP contribution is -2.71. The number of carbonyl (C=O) groups excluding carboxylic acids is 1. The first-order valence-corrected chi connectivity index (χ1v) is 11.4. The van der Waals surface area contributed by atoms with Crippen molar-refractivity contribution in [3.63, 3.8) is 0 Å². The van der Waals surface area contributed by atoms with Gasteiger partial charge in [-0.05, 0) is 56.0 Å². The number of aryl methyl sites for hydroxylation is 1. The summed E-state index contributed by atoms with van der Waals surface area (Å²) in [6, 6.07) is 3.39. The third-order valence-corrected chi connectivity index (χ3v) is 8.10. The normalized spacial score (nSPS) is 21.1. The molecule has 2 aliphatic heterocycles. The number of aromatic amines is 1. The summed E-state index contributed by atoms with van der Waals surface area (Å²) < 4.78 is 19.2. The minimum Gasteiger partial charge on any atom is -0.479 e. The van der Waals surface area contributed by atoms with E-state index in [1.54, 1.807) is 6.20 Å². The molecule has 2 N–H and O–H groups in total. The van der Waals surface area contributed by atoms with Gasteiger partial charge in [0.15, 0.2) is 5.82 Å². The van der Waals surface area contributed by atoms with Crippen LogP contribution < -0.4 is 10.1 Å². The maximum absolute atomic E-state index is 14.3. The standard InChI is InChI=1S/C25H24FN5O2/c1-31-11-24(12-31)21-19(22(32)30-25(24)5-6-25)15-4-3-13-9-27-18(8-16(13)20(15)29-21)14-7-17(26)23(33-2)28-10-14/h7-10,29H,3-6,11-12H2,1-2H3,(H,30,32). The van der Waals surface area contributed by atoms with Crippen molar-refractivity contribution in [3.8, 4) is 28.4 Å². The van der Waals surface area contributed by atoms with Gasteiger partial charge in [-0.1, -0.05) is 0 Å². The van der Waals surface area contributed by atoms with Gasteiger partial charge < -0.3 is 19.9 Å². The minimum atomic E-state index is -0.520. The van der Waals surface area contributed by atoms with E-state index in [4.69, 9.17) is 4.74 Å². The predicted octanol–water partition coefficient (Wildman–Crippen LogP) is 2.84. The molecule has 1 saturated heterocycles. The monoisotopic (exact) mass is 445 g/mol. The Bertz CT molecular complexity index is 1350. The molecule has 0 aromatic carbocycles. The SMILES string of the molecule is COc1ncc(-c2cc3c(cn2)CCc2c-3[nH]c3c2C(=O)NC2(CC2)C32CN(C)C2)cc1F. The first-order valence-electron chi connectivity index (χ1n) is 11.4. The molecule has 5 heterocycles. The van der Waals surface area contributed by atoms with Gasteiger partial charge in [-0.15, -0.1) is 0 Å². The van der Waals surface area contributed by atoms with E-state index >= 15 is 0 Å². The molecule has 4 aliphatic rings. The van der Waals surface area contributed by atoms with Crippen molar-refractivity contribution in [2.45, 2.75) is 36.6 Å². The van der Waals surface area contributed by atoms with Gasteiger partial charge in [0.1, 0.15) is 0 Å². The Kier molecular flexibility index (Phi) is 3.61. The number of fused-ring (bicyclic) bond motifs is 7. The molecule has 7 rings (SSSR count). The zero-order chi connectivity index (χ0) is 22.5. The first-order chi connectivity index (χ1) is 15.9. The fourth-order valence-electron chi connectivity index (χ4n) is 6.38. The van der Waals surface area contributed by atoms with E-state index < -0.39 is 5.82 Å². The molecule has 7 nitrogen and oxygen atoms in total. The molecular weight excluding hydrogens is 421 g/mol. The number of ether oxygens (including phenoxy) is 1. The van der Waals surface area contributed by atoms with E-state index in [1.165, 1.54) is 13.2 Å². The fourth-order valence-corrected chi connectivity index (χ4v) is 6.38. The number of methoxy groups -OCH3 is 1. The van der Waals surface area contributed by atoms with Crippen LogP contribution in [0.4, 0.5) is 4.39 Å². The number of hydrogen-bond donors (Lipinski definition) is 2. The van der Waals surface area contributed by atoms with Crippen molar-refractivity contribution >= 4 is 5.91 Å². The third kappa shape index (κ3) is 2.39. The number of nitrogens with zero attached hydrogens (tertiary/aromatic N) is 3. The van der Waals surface area contributed by atoms with E-state index in [9.17, 15) is 9.18 Å². The lowest BCUT2D eigenvalue weighted by atomic mass is 9.65. The Balaban J connectivity index is 1.38. The highest BCUT2D eigenvalue weighted by Gasteiger charge is 2.68. The first kappa shape index (κ1) is 19.2. The van der Waals surface area contributed by atoms with Gasteiger partial charge in [-0.3, -0.25) is 9.78 Å². The summed E-state index contributed by atoms with van der Waals surface area (Å²) in [6.07, 6.45) is 7.14.